The monoisotopic (exact) mass is 219 g/mol. The Labute approximate surface area is 94.0 Å². The van der Waals surface area contributed by atoms with Gasteiger partial charge in [0, 0.05) is 0 Å². The van der Waals surface area contributed by atoms with Gasteiger partial charge in [0.1, 0.15) is 5.60 Å². The maximum atomic E-state index is 9.56. The fraction of sp³-hybridized carbons (Fsp3) is 0.417. The summed E-state index contributed by atoms with van der Waals surface area (Å²) < 4.78 is 10.4. The van der Waals surface area contributed by atoms with Crippen molar-refractivity contribution in [3.05, 3.63) is 23.8 Å². The molecule has 0 fully saturated rings. The Morgan fingerprint density at radius 1 is 1.44 bits per heavy atom. The van der Waals surface area contributed by atoms with E-state index in [1.807, 2.05) is 24.3 Å². The van der Waals surface area contributed by atoms with Gasteiger partial charge in [-0.2, -0.15) is 5.26 Å². The molecule has 0 aliphatic carbocycles. The zero-order valence-corrected chi connectivity index (χ0v) is 9.06. The van der Waals surface area contributed by atoms with Gasteiger partial charge in [-0.1, -0.05) is 6.07 Å². The summed E-state index contributed by atoms with van der Waals surface area (Å²) in [7, 11) is 0. The molecule has 1 unspecified atom stereocenters. The van der Waals surface area contributed by atoms with Gasteiger partial charge in [-0.25, -0.2) is 0 Å². The molecule has 2 rings (SSSR count). The molecule has 1 aromatic carbocycles. The van der Waals surface area contributed by atoms with Crippen LogP contribution in [0, 0.1) is 11.3 Å². The second-order valence-electron chi connectivity index (χ2n) is 4.07. The predicted octanol–water partition coefficient (Wildman–Crippen LogP) is 1.62. The average Bonchev–Trinajstić information content (AvgIpc) is 2.73. The summed E-state index contributed by atoms with van der Waals surface area (Å²) in [5, 5.41) is 18.2. The molecule has 1 aromatic rings. The number of hydrogen-bond acceptors (Lipinski definition) is 4. The van der Waals surface area contributed by atoms with Crippen LogP contribution in [0.1, 0.15) is 18.9 Å². The van der Waals surface area contributed by atoms with E-state index >= 15 is 0 Å². The molecule has 16 heavy (non-hydrogen) atoms. The van der Waals surface area contributed by atoms with Gasteiger partial charge in [-0.3, -0.25) is 0 Å². The number of fused-ring (bicyclic) bond motifs is 1. The van der Waals surface area contributed by atoms with E-state index in [1.54, 1.807) is 0 Å². The van der Waals surface area contributed by atoms with Crippen LogP contribution in [0.15, 0.2) is 18.2 Å². The Bertz CT molecular complexity index is 434. The van der Waals surface area contributed by atoms with E-state index in [0.717, 1.165) is 17.1 Å². The lowest BCUT2D eigenvalue weighted by atomic mass is 9.98. The number of rotatable bonds is 3. The quantitative estimate of drug-likeness (QED) is 0.785. The minimum absolute atomic E-state index is 0.259. The summed E-state index contributed by atoms with van der Waals surface area (Å²) in [6.07, 6.45) is 1.04. The van der Waals surface area contributed by atoms with E-state index in [9.17, 15) is 5.11 Å². The van der Waals surface area contributed by atoms with Crippen molar-refractivity contribution in [3.8, 4) is 17.6 Å². The van der Waals surface area contributed by atoms with Crippen molar-refractivity contribution in [2.45, 2.75) is 25.4 Å². The second kappa shape index (κ2) is 4.03. The SMILES string of the molecule is CC(O)(C#N)CCc1ccc2c(c1)OCO2. The molecule has 4 nitrogen and oxygen atoms in total. The van der Waals surface area contributed by atoms with E-state index in [1.165, 1.54) is 6.92 Å². The van der Waals surface area contributed by atoms with Crippen molar-refractivity contribution in [1.29, 1.82) is 5.26 Å². The smallest absolute Gasteiger partial charge is 0.231 e. The minimum atomic E-state index is -1.27. The van der Waals surface area contributed by atoms with Crippen molar-refractivity contribution in [3.63, 3.8) is 0 Å². The summed E-state index contributed by atoms with van der Waals surface area (Å²) in [6.45, 7) is 1.77. The van der Waals surface area contributed by atoms with Gasteiger partial charge in [-0.05, 0) is 37.5 Å². The van der Waals surface area contributed by atoms with Gasteiger partial charge in [0.25, 0.3) is 0 Å². The molecular weight excluding hydrogens is 206 g/mol. The number of aliphatic hydroxyl groups is 1. The molecule has 0 spiro atoms. The minimum Gasteiger partial charge on any atom is -0.454 e. The number of benzene rings is 1. The summed E-state index contributed by atoms with van der Waals surface area (Å²) >= 11 is 0. The molecule has 0 bridgehead atoms. The summed E-state index contributed by atoms with van der Waals surface area (Å²) in [4.78, 5) is 0. The van der Waals surface area contributed by atoms with Crippen LogP contribution in [-0.4, -0.2) is 17.5 Å². The second-order valence-corrected chi connectivity index (χ2v) is 4.07. The molecule has 0 amide bonds. The molecule has 1 aliphatic rings. The maximum absolute atomic E-state index is 9.56. The van der Waals surface area contributed by atoms with Gasteiger partial charge in [-0.15, -0.1) is 0 Å². The molecule has 0 saturated heterocycles. The van der Waals surface area contributed by atoms with Gasteiger partial charge in [0.15, 0.2) is 11.5 Å². The number of nitrogens with zero attached hydrogens (tertiary/aromatic N) is 1. The molecule has 1 aliphatic heterocycles. The lowest BCUT2D eigenvalue weighted by molar-refractivity contribution is 0.110. The van der Waals surface area contributed by atoms with Crippen molar-refractivity contribution >= 4 is 0 Å². The highest BCUT2D eigenvalue weighted by Crippen LogP contribution is 2.33. The number of nitriles is 1. The molecule has 0 saturated carbocycles. The first-order valence-electron chi connectivity index (χ1n) is 5.13. The highest BCUT2D eigenvalue weighted by molar-refractivity contribution is 5.44. The fourth-order valence-electron chi connectivity index (χ4n) is 1.54. The molecule has 4 heteroatoms. The van der Waals surface area contributed by atoms with E-state index in [2.05, 4.69) is 0 Å². The zero-order valence-electron chi connectivity index (χ0n) is 9.06. The first kappa shape index (κ1) is 10.8. The Morgan fingerprint density at radius 3 is 2.94 bits per heavy atom. The Balaban J connectivity index is 2.04. The Kier molecular flexibility index (Phi) is 2.71. The van der Waals surface area contributed by atoms with Gasteiger partial charge >= 0.3 is 0 Å². The van der Waals surface area contributed by atoms with Crippen LogP contribution in [0.5, 0.6) is 11.5 Å². The van der Waals surface area contributed by atoms with Gasteiger partial charge < -0.3 is 14.6 Å². The first-order valence-corrected chi connectivity index (χ1v) is 5.13. The largest absolute Gasteiger partial charge is 0.454 e. The van der Waals surface area contributed by atoms with E-state index in [4.69, 9.17) is 14.7 Å². The van der Waals surface area contributed by atoms with Crippen LogP contribution >= 0.6 is 0 Å². The van der Waals surface area contributed by atoms with Crippen LogP contribution in [0.3, 0.4) is 0 Å². The Hall–Kier alpha value is -1.73. The molecule has 1 heterocycles. The Morgan fingerprint density at radius 2 is 2.19 bits per heavy atom. The molecule has 84 valence electrons. The summed E-state index contributed by atoms with van der Waals surface area (Å²) in [6, 6.07) is 7.51. The van der Waals surface area contributed by atoms with Crippen molar-refractivity contribution in [2.24, 2.45) is 0 Å². The van der Waals surface area contributed by atoms with Crippen LogP contribution in [-0.2, 0) is 6.42 Å². The standard InChI is InChI=1S/C12H13NO3/c1-12(14,7-13)5-4-9-2-3-10-11(6-9)16-8-15-10/h2-3,6,14H,4-5,8H2,1H3. The third kappa shape index (κ3) is 2.26. The summed E-state index contributed by atoms with van der Waals surface area (Å²) in [5.41, 5.74) is -0.240. The van der Waals surface area contributed by atoms with Crippen LogP contribution < -0.4 is 9.47 Å². The molecule has 0 aromatic heterocycles. The van der Waals surface area contributed by atoms with Crippen molar-refractivity contribution in [2.75, 3.05) is 6.79 Å². The van der Waals surface area contributed by atoms with Crippen LogP contribution in [0.25, 0.3) is 0 Å². The third-order valence-electron chi connectivity index (χ3n) is 2.58. The van der Waals surface area contributed by atoms with E-state index in [0.29, 0.717) is 12.8 Å². The van der Waals surface area contributed by atoms with Crippen molar-refractivity contribution in [1.82, 2.24) is 0 Å². The maximum Gasteiger partial charge on any atom is 0.231 e. The normalized spacial score (nSPS) is 16.6. The van der Waals surface area contributed by atoms with Gasteiger partial charge in [0.05, 0.1) is 6.07 Å². The van der Waals surface area contributed by atoms with Gasteiger partial charge in [0.2, 0.25) is 6.79 Å². The highest BCUT2D eigenvalue weighted by atomic mass is 16.7. The number of ether oxygens (including phenoxy) is 2. The zero-order chi connectivity index (χ0) is 11.6. The summed E-state index contributed by atoms with van der Waals surface area (Å²) in [5.74, 6) is 1.48. The number of aryl methyl sites for hydroxylation is 1. The molecule has 1 N–H and O–H groups in total. The van der Waals surface area contributed by atoms with E-state index < -0.39 is 5.60 Å². The lowest BCUT2D eigenvalue weighted by Crippen LogP contribution is -2.21. The molecule has 1 atom stereocenters. The molecule has 0 radical (unpaired) electrons. The predicted molar refractivity (Wildman–Crippen MR) is 57.1 cm³/mol. The third-order valence-corrected chi connectivity index (χ3v) is 2.58. The topological polar surface area (TPSA) is 62.5 Å². The first-order chi connectivity index (χ1) is 7.61. The van der Waals surface area contributed by atoms with Crippen molar-refractivity contribution < 1.29 is 14.6 Å². The number of hydrogen-bond donors (Lipinski definition) is 1. The van der Waals surface area contributed by atoms with E-state index in [-0.39, 0.29) is 6.79 Å². The fourth-order valence-corrected chi connectivity index (χ4v) is 1.54. The van der Waals surface area contributed by atoms with Crippen LogP contribution in [0.2, 0.25) is 0 Å². The average molecular weight is 219 g/mol. The highest BCUT2D eigenvalue weighted by Gasteiger charge is 2.19. The van der Waals surface area contributed by atoms with Crippen LogP contribution in [0.4, 0.5) is 0 Å². The molecular formula is C12H13NO3. The lowest BCUT2D eigenvalue weighted by Gasteiger charge is -2.13.